The number of likely N-dealkylation sites (N-methyl/N-ethyl adjacent to an activating group) is 1. The minimum Gasteiger partial charge on any atom is -0.305 e. The Bertz CT molecular complexity index is 483. The summed E-state index contributed by atoms with van der Waals surface area (Å²) in [6.45, 7) is 0.761. The molecule has 2 rings (SSSR count). The van der Waals surface area contributed by atoms with Gasteiger partial charge in [0.2, 0.25) is 0 Å². The van der Waals surface area contributed by atoms with Crippen LogP contribution in [0.2, 0.25) is 0 Å². The van der Waals surface area contributed by atoms with Crippen LogP contribution in [0, 0.1) is 5.92 Å². The SMILES string of the molecule is CN(C)CC1=Cc2ccccc2[C@H]1C(C=O)C=O. The number of fused-ring (bicyclic) bond motifs is 1. The van der Waals surface area contributed by atoms with Crippen molar-refractivity contribution in [2.24, 2.45) is 5.92 Å². The van der Waals surface area contributed by atoms with E-state index in [0.29, 0.717) is 0 Å². The van der Waals surface area contributed by atoms with Gasteiger partial charge in [-0.15, -0.1) is 0 Å². The van der Waals surface area contributed by atoms with E-state index in [4.69, 9.17) is 0 Å². The number of hydrogen-bond donors (Lipinski definition) is 0. The van der Waals surface area contributed by atoms with Crippen LogP contribution >= 0.6 is 0 Å². The summed E-state index contributed by atoms with van der Waals surface area (Å²) in [6.07, 6.45) is 3.60. The molecule has 0 spiro atoms. The van der Waals surface area contributed by atoms with Crippen LogP contribution in [0.3, 0.4) is 0 Å². The van der Waals surface area contributed by atoms with Gasteiger partial charge in [0.15, 0.2) is 0 Å². The average molecular weight is 243 g/mol. The molecule has 3 nitrogen and oxygen atoms in total. The minimum atomic E-state index is -0.583. The van der Waals surface area contributed by atoms with Crippen LogP contribution in [0.5, 0.6) is 0 Å². The van der Waals surface area contributed by atoms with E-state index in [1.54, 1.807) is 0 Å². The third kappa shape index (κ3) is 2.27. The molecule has 1 aliphatic carbocycles. The van der Waals surface area contributed by atoms with Crippen molar-refractivity contribution in [3.05, 3.63) is 41.0 Å². The Labute approximate surface area is 107 Å². The van der Waals surface area contributed by atoms with Crippen LogP contribution in [0.15, 0.2) is 29.8 Å². The van der Waals surface area contributed by atoms with Crippen LogP contribution in [0.4, 0.5) is 0 Å². The van der Waals surface area contributed by atoms with Crippen LogP contribution in [0.1, 0.15) is 17.0 Å². The van der Waals surface area contributed by atoms with Gasteiger partial charge in [-0.05, 0) is 30.8 Å². The van der Waals surface area contributed by atoms with E-state index in [1.165, 1.54) is 0 Å². The van der Waals surface area contributed by atoms with E-state index >= 15 is 0 Å². The lowest BCUT2D eigenvalue weighted by Gasteiger charge is -2.21. The van der Waals surface area contributed by atoms with Crippen molar-refractivity contribution >= 4 is 18.6 Å². The van der Waals surface area contributed by atoms with Gasteiger partial charge in [0, 0.05) is 12.5 Å². The second kappa shape index (κ2) is 5.27. The van der Waals surface area contributed by atoms with Gasteiger partial charge < -0.3 is 14.5 Å². The van der Waals surface area contributed by atoms with E-state index in [-0.39, 0.29) is 5.92 Å². The molecule has 0 bridgehead atoms. The van der Waals surface area contributed by atoms with E-state index in [0.717, 1.165) is 35.8 Å². The van der Waals surface area contributed by atoms with Gasteiger partial charge in [-0.25, -0.2) is 0 Å². The first-order valence-corrected chi connectivity index (χ1v) is 6.02. The summed E-state index contributed by atoms with van der Waals surface area (Å²) >= 11 is 0. The van der Waals surface area contributed by atoms with Gasteiger partial charge in [0.25, 0.3) is 0 Å². The molecule has 1 atom stereocenters. The zero-order chi connectivity index (χ0) is 13.1. The zero-order valence-electron chi connectivity index (χ0n) is 10.7. The highest BCUT2D eigenvalue weighted by Gasteiger charge is 2.31. The number of benzene rings is 1. The number of aldehydes is 2. The average Bonchev–Trinajstić information content (AvgIpc) is 2.69. The molecule has 0 aliphatic heterocycles. The van der Waals surface area contributed by atoms with E-state index in [1.807, 2.05) is 38.4 Å². The topological polar surface area (TPSA) is 37.4 Å². The van der Waals surface area contributed by atoms with Gasteiger partial charge in [-0.2, -0.15) is 0 Å². The molecule has 0 radical (unpaired) electrons. The van der Waals surface area contributed by atoms with Crippen molar-refractivity contribution in [3.8, 4) is 0 Å². The summed E-state index contributed by atoms with van der Waals surface area (Å²) in [6, 6.07) is 7.95. The van der Waals surface area contributed by atoms with Crippen LogP contribution in [0.25, 0.3) is 6.08 Å². The van der Waals surface area contributed by atoms with Gasteiger partial charge in [-0.3, -0.25) is 0 Å². The standard InChI is InChI=1S/C15H17NO2/c1-16(2)8-12-7-11-5-3-4-6-14(11)15(12)13(9-17)10-18/h3-7,9-10,13,15H,8H2,1-2H3/t15-/m1/s1. The molecule has 0 aromatic heterocycles. The molecular weight excluding hydrogens is 226 g/mol. The molecule has 0 saturated heterocycles. The summed E-state index contributed by atoms with van der Waals surface area (Å²) in [4.78, 5) is 24.2. The maximum Gasteiger partial charge on any atom is 0.131 e. The second-order valence-electron chi connectivity index (χ2n) is 4.91. The highest BCUT2D eigenvalue weighted by molar-refractivity contribution is 5.83. The van der Waals surface area contributed by atoms with Crippen molar-refractivity contribution in [1.29, 1.82) is 0 Å². The van der Waals surface area contributed by atoms with Gasteiger partial charge in [0.05, 0.1) is 5.92 Å². The summed E-state index contributed by atoms with van der Waals surface area (Å²) in [5.74, 6) is -0.682. The van der Waals surface area contributed by atoms with Crippen molar-refractivity contribution in [1.82, 2.24) is 4.90 Å². The quantitative estimate of drug-likeness (QED) is 0.584. The largest absolute Gasteiger partial charge is 0.305 e. The monoisotopic (exact) mass is 243 g/mol. The fraction of sp³-hybridized carbons (Fsp3) is 0.333. The molecule has 1 aromatic carbocycles. The number of rotatable bonds is 5. The maximum absolute atomic E-state index is 11.1. The lowest BCUT2D eigenvalue weighted by molar-refractivity contribution is -0.119. The molecule has 1 aromatic rings. The highest BCUT2D eigenvalue weighted by Crippen LogP contribution is 2.40. The summed E-state index contributed by atoms with van der Waals surface area (Å²) < 4.78 is 0. The molecule has 0 unspecified atom stereocenters. The van der Waals surface area contributed by atoms with Crippen molar-refractivity contribution in [2.75, 3.05) is 20.6 Å². The smallest absolute Gasteiger partial charge is 0.131 e. The third-order valence-corrected chi connectivity index (χ3v) is 3.27. The van der Waals surface area contributed by atoms with Gasteiger partial charge in [0.1, 0.15) is 12.6 Å². The first kappa shape index (κ1) is 12.7. The van der Waals surface area contributed by atoms with Crippen LogP contribution < -0.4 is 0 Å². The van der Waals surface area contributed by atoms with E-state index < -0.39 is 5.92 Å². The number of nitrogens with zero attached hydrogens (tertiary/aromatic N) is 1. The summed E-state index contributed by atoms with van der Waals surface area (Å²) in [5, 5.41) is 0. The number of carbonyl (C=O) groups is 2. The van der Waals surface area contributed by atoms with Crippen molar-refractivity contribution in [2.45, 2.75) is 5.92 Å². The Kier molecular flexibility index (Phi) is 3.72. The number of carbonyl (C=O) groups excluding carboxylic acids is 2. The first-order chi connectivity index (χ1) is 8.67. The normalized spacial score (nSPS) is 17.8. The summed E-state index contributed by atoms with van der Waals surface area (Å²) in [7, 11) is 3.97. The molecule has 3 heteroatoms. The fourth-order valence-electron chi connectivity index (χ4n) is 2.57. The molecule has 0 N–H and O–H groups in total. The third-order valence-electron chi connectivity index (χ3n) is 3.27. The van der Waals surface area contributed by atoms with Crippen molar-refractivity contribution < 1.29 is 9.59 Å². The lowest BCUT2D eigenvalue weighted by atomic mass is 9.85. The Hall–Kier alpha value is -1.74. The fourth-order valence-corrected chi connectivity index (χ4v) is 2.57. The predicted octanol–water partition coefficient (Wildman–Crippen LogP) is 1.74. The van der Waals surface area contributed by atoms with E-state index in [2.05, 4.69) is 11.0 Å². The second-order valence-corrected chi connectivity index (χ2v) is 4.91. The van der Waals surface area contributed by atoms with Crippen LogP contribution in [-0.4, -0.2) is 38.1 Å². The van der Waals surface area contributed by atoms with Gasteiger partial charge in [-0.1, -0.05) is 30.3 Å². The lowest BCUT2D eigenvalue weighted by Crippen LogP contribution is -2.23. The van der Waals surface area contributed by atoms with Gasteiger partial charge >= 0.3 is 0 Å². The number of hydrogen-bond acceptors (Lipinski definition) is 3. The molecular formula is C15H17NO2. The Morgan fingerprint density at radius 1 is 1.22 bits per heavy atom. The maximum atomic E-state index is 11.1. The molecule has 0 fully saturated rings. The van der Waals surface area contributed by atoms with E-state index in [9.17, 15) is 9.59 Å². The Balaban J connectivity index is 2.41. The Morgan fingerprint density at radius 2 is 1.89 bits per heavy atom. The first-order valence-electron chi connectivity index (χ1n) is 6.02. The molecule has 1 aliphatic rings. The molecule has 18 heavy (non-hydrogen) atoms. The zero-order valence-corrected chi connectivity index (χ0v) is 10.7. The predicted molar refractivity (Wildman–Crippen MR) is 71.3 cm³/mol. The van der Waals surface area contributed by atoms with Crippen LogP contribution in [-0.2, 0) is 9.59 Å². The molecule has 94 valence electrons. The minimum absolute atomic E-state index is 0.0985. The molecule has 0 saturated carbocycles. The molecule has 0 amide bonds. The highest BCUT2D eigenvalue weighted by atomic mass is 16.1. The molecule has 0 heterocycles. The van der Waals surface area contributed by atoms with Crippen molar-refractivity contribution in [3.63, 3.8) is 0 Å². The Morgan fingerprint density at radius 3 is 2.50 bits per heavy atom. The summed E-state index contributed by atoms with van der Waals surface area (Å²) in [5.41, 5.74) is 3.33.